The Morgan fingerprint density at radius 3 is 2.00 bits per heavy atom. The summed E-state index contributed by atoms with van der Waals surface area (Å²) in [4.78, 5) is 0. The molecule has 0 heterocycles. The maximum Gasteiger partial charge on any atom is 0.0433 e. The van der Waals surface area contributed by atoms with Crippen LogP contribution in [0.2, 0.25) is 0 Å². The van der Waals surface area contributed by atoms with Crippen molar-refractivity contribution in [2.45, 2.75) is 39.0 Å². The molecule has 0 saturated heterocycles. The molecule has 0 nitrogen and oxygen atoms in total. The lowest BCUT2D eigenvalue weighted by molar-refractivity contribution is 0.0685. The zero-order valence-corrected chi connectivity index (χ0v) is 9.69. The molecular formula is C13H19Cl. The molecule has 4 saturated carbocycles. The van der Waals surface area contributed by atoms with Gasteiger partial charge in [0.25, 0.3) is 0 Å². The molecule has 4 aliphatic rings. The summed E-state index contributed by atoms with van der Waals surface area (Å²) in [5.41, 5.74) is 3.28. The van der Waals surface area contributed by atoms with Gasteiger partial charge < -0.3 is 0 Å². The number of allylic oxidation sites excluding steroid dienone is 2. The van der Waals surface area contributed by atoms with E-state index in [1.165, 1.54) is 31.3 Å². The van der Waals surface area contributed by atoms with Gasteiger partial charge in [-0.15, -0.1) is 11.6 Å². The Kier molecular flexibility index (Phi) is 2.16. The summed E-state index contributed by atoms with van der Waals surface area (Å²) in [6, 6.07) is 0. The Labute approximate surface area is 91.7 Å². The second-order valence-corrected chi connectivity index (χ2v) is 5.94. The van der Waals surface area contributed by atoms with Crippen molar-refractivity contribution in [3.63, 3.8) is 0 Å². The molecule has 0 aromatic carbocycles. The highest BCUT2D eigenvalue weighted by Crippen LogP contribution is 2.56. The smallest absolute Gasteiger partial charge is 0.0433 e. The second kappa shape index (κ2) is 3.27. The Hall–Kier alpha value is 0.0300. The van der Waals surface area contributed by atoms with Crippen LogP contribution < -0.4 is 0 Å². The molecule has 4 bridgehead atoms. The van der Waals surface area contributed by atoms with Gasteiger partial charge in [-0.1, -0.05) is 11.1 Å². The van der Waals surface area contributed by atoms with E-state index in [0.29, 0.717) is 0 Å². The molecule has 0 aromatic heterocycles. The van der Waals surface area contributed by atoms with Gasteiger partial charge in [0.2, 0.25) is 0 Å². The Morgan fingerprint density at radius 1 is 1.07 bits per heavy atom. The first-order valence-corrected chi connectivity index (χ1v) is 6.57. The summed E-state index contributed by atoms with van der Waals surface area (Å²) < 4.78 is 0. The number of alkyl halides is 1. The second-order valence-electron chi connectivity index (χ2n) is 5.67. The summed E-state index contributed by atoms with van der Waals surface area (Å²) in [5, 5.41) is 0. The highest BCUT2D eigenvalue weighted by molar-refractivity contribution is 6.19. The van der Waals surface area contributed by atoms with E-state index >= 15 is 0 Å². The molecule has 0 unspecified atom stereocenters. The fraction of sp³-hybridized carbons (Fsp3) is 0.846. The van der Waals surface area contributed by atoms with Crippen molar-refractivity contribution in [2.24, 2.45) is 23.7 Å². The Balaban J connectivity index is 1.95. The van der Waals surface area contributed by atoms with E-state index in [1.807, 2.05) is 0 Å². The molecule has 0 aromatic rings. The van der Waals surface area contributed by atoms with E-state index in [4.69, 9.17) is 11.6 Å². The molecule has 4 fully saturated rings. The van der Waals surface area contributed by atoms with E-state index in [9.17, 15) is 0 Å². The quantitative estimate of drug-likeness (QED) is 0.454. The zero-order chi connectivity index (χ0) is 9.71. The maximum atomic E-state index is 5.99. The van der Waals surface area contributed by atoms with Gasteiger partial charge in [0, 0.05) is 5.88 Å². The molecule has 4 rings (SSSR count). The summed E-state index contributed by atoms with van der Waals surface area (Å²) in [6.07, 6.45) is 7.47. The van der Waals surface area contributed by atoms with Gasteiger partial charge in [-0.25, -0.2) is 0 Å². The SMILES string of the molecule is CC(CCl)=C1C2CC3CC(C2)CC1C3. The van der Waals surface area contributed by atoms with Gasteiger partial charge in [-0.2, -0.15) is 0 Å². The highest BCUT2D eigenvalue weighted by atomic mass is 35.5. The molecule has 1 heteroatoms. The highest BCUT2D eigenvalue weighted by Gasteiger charge is 2.45. The molecule has 0 N–H and O–H groups in total. The third kappa shape index (κ3) is 1.26. The third-order valence-corrected chi connectivity index (χ3v) is 5.11. The molecule has 4 aliphatic carbocycles. The van der Waals surface area contributed by atoms with E-state index in [1.54, 1.807) is 12.0 Å². The van der Waals surface area contributed by atoms with Crippen molar-refractivity contribution in [2.75, 3.05) is 5.88 Å². The third-order valence-electron chi connectivity index (χ3n) is 4.71. The molecule has 0 spiro atoms. The predicted octanol–water partition coefficient (Wildman–Crippen LogP) is 4.00. The number of hydrogen-bond donors (Lipinski definition) is 0. The van der Waals surface area contributed by atoms with Gasteiger partial charge in [0.05, 0.1) is 0 Å². The normalized spacial score (nSPS) is 44.6. The summed E-state index contributed by atoms with van der Waals surface area (Å²) >= 11 is 5.99. The molecule has 14 heavy (non-hydrogen) atoms. The fourth-order valence-electron chi connectivity index (χ4n) is 4.47. The first-order valence-electron chi connectivity index (χ1n) is 6.03. The van der Waals surface area contributed by atoms with Gasteiger partial charge in [0.1, 0.15) is 0 Å². The van der Waals surface area contributed by atoms with Gasteiger partial charge in [-0.3, -0.25) is 0 Å². The van der Waals surface area contributed by atoms with Crippen LogP contribution in [0.15, 0.2) is 11.1 Å². The monoisotopic (exact) mass is 210 g/mol. The largest absolute Gasteiger partial charge is 0.122 e. The van der Waals surface area contributed by atoms with Crippen molar-refractivity contribution < 1.29 is 0 Å². The first-order chi connectivity index (χ1) is 6.78. The Bertz CT molecular complexity index is 247. The van der Waals surface area contributed by atoms with Crippen LogP contribution in [-0.4, -0.2) is 5.88 Å². The van der Waals surface area contributed by atoms with Crippen molar-refractivity contribution >= 4 is 11.6 Å². The van der Waals surface area contributed by atoms with Crippen molar-refractivity contribution in [1.29, 1.82) is 0 Å². The minimum absolute atomic E-state index is 0.762. The van der Waals surface area contributed by atoms with Crippen LogP contribution in [0.1, 0.15) is 39.0 Å². The average molecular weight is 211 g/mol. The van der Waals surface area contributed by atoms with Crippen LogP contribution in [0.5, 0.6) is 0 Å². The Morgan fingerprint density at radius 2 is 1.57 bits per heavy atom. The summed E-state index contributed by atoms with van der Waals surface area (Å²) in [6.45, 7) is 2.25. The summed E-state index contributed by atoms with van der Waals surface area (Å²) in [7, 11) is 0. The molecule has 0 atom stereocenters. The number of hydrogen-bond acceptors (Lipinski definition) is 0. The van der Waals surface area contributed by atoms with Gasteiger partial charge >= 0.3 is 0 Å². The lowest BCUT2D eigenvalue weighted by Crippen LogP contribution is -2.40. The van der Waals surface area contributed by atoms with E-state index in [2.05, 4.69) is 6.92 Å². The van der Waals surface area contributed by atoms with Crippen LogP contribution in [0.3, 0.4) is 0 Å². The lowest BCUT2D eigenvalue weighted by Gasteiger charge is -2.52. The maximum absolute atomic E-state index is 5.99. The minimum Gasteiger partial charge on any atom is -0.122 e. The topological polar surface area (TPSA) is 0 Å². The fourth-order valence-corrected chi connectivity index (χ4v) is 4.62. The molecule has 78 valence electrons. The van der Waals surface area contributed by atoms with E-state index < -0.39 is 0 Å². The van der Waals surface area contributed by atoms with Crippen molar-refractivity contribution in [3.8, 4) is 0 Å². The van der Waals surface area contributed by atoms with Gasteiger partial charge in [-0.05, 0) is 62.7 Å². The van der Waals surface area contributed by atoms with Crippen LogP contribution in [0.4, 0.5) is 0 Å². The van der Waals surface area contributed by atoms with Crippen molar-refractivity contribution in [1.82, 2.24) is 0 Å². The van der Waals surface area contributed by atoms with Crippen LogP contribution in [0, 0.1) is 23.7 Å². The molecule has 0 aliphatic heterocycles. The molecular weight excluding hydrogens is 192 g/mol. The zero-order valence-electron chi connectivity index (χ0n) is 8.93. The summed E-state index contributed by atoms with van der Waals surface area (Å²) in [5.74, 6) is 4.78. The molecule has 0 radical (unpaired) electrons. The van der Waals surface area contributed by atoms with Crippen LogP contribution in [-0.2, 0) is 0 Å². The number of rotatable bonds is 1. The van der Waals surface area contributed by atoms with Crippen LogP contribution >= 0.6 is 11.6 Å². The predicted molar refractivity (Wildman–Crippen MR) is 60.5 cm³/mol. The van der Waals surface area contributed by atoms with E-state index in [-0.39, 0.29) is 0 Å². The molecule has 0 amide bonds. The van der Waals surface area contributed by atoms with Crippen LogP contribution in [0.25, 0.3) is 0 Å². The number of halogens is 1. The first kappa shape index (κ1) is 9.27. The standard InChI is InChI=1S/C13H19Cl/c1-8(7-14)13-11-3-9-2-10(5-11)6-12(13)4-9/h9-12H,2-7H2,1H3. The van der Waals surface area contributed by atoms with Gasteiger partial charge in [0.15, 0.2) is 0 Å². The van der Waals surface area contributed by atoms with E-state index in [0.717, 1.165) is 29.6 Å². The average Bonchev–Trinajstić information content (AvgIpc) is 2.15. The van der Waals surface area contributed by atoms with Crippen molar-refractivity contribution in [3.05, 3.63) is 11.1 Å². The minimum atomic E-state index is 0.762. The lowest BCUT2D eigenvalue weighted by atomic mass is 9.53.